The largest absolute Gasteiger partial charge is 0.573 e. The van der Waals surface area contributed by atoms with Gasteiger partial charge in [0.2, 0.25) is 5.56 Å². The highest BCUT2D eigenvalue weighted by atomic mass is 19.4. The highest BCUT2D eigenvalue weighted by molar-refractivity contribution is 5.38. The third kappa shape index (κ3) is 4.99. The molecule has 2 heterocycles. The topological polar surface area (TPSA) is 48.6 Å². The molecule has 0 bridgehead atoms. The fourth-order valence-electron chi connectivity index (χ4n) is 2.82. The van der Waals surface area contributed by atoms with Gasteiger partial charge in [-0.1, -0.05) is 18.2 Å². The second-order valence-corrected chi connectivity index (χ2v) is 5.86. The molecule has 1 aromatic heterocycles. The molecule has 1 N–H and O–H groups in total. The summed E-state index contributed by atoms with van der Waals surface area (Å²) in [5, 5.41) is 0. The lowest BCUT2D eigenvalue weighted by atomic mass is 10.2. The Bertz CT molecular complexity index is 751. The minimum Gasteiger partial charge on any atom is -0.406 e. The first-order chi connectivity index (χ1) is 11.9. The predicted octanol–water partition coefficient (Wildman–Crippen LogP) is 2.60. The van der Waals surface area contributed by atoms with Crippen LogP contribution in [-0.2, 0) is 6.54 Å². The maximum atomic E-state index is 12.2. The van der Waals surface area contributed by atoms with Gasteiger partial charge in [0, 0.05) is 38.8 Å². The minimum atomic E-state index is -4.67. The number of pyridine rings is 1. The first-order valence-corrected chi connectivity index (χ1v) is 7.90. The third-order valence-corrected chi connectivity index (χ3v) is 4.03. The zero-order chi connectivity index (χ0) is 17.9. The average molecular weight is 353 g/mol. The monoisotopic (exact) mass is 353 g/mol. The number of anilines is 1. The van der Waals surface area contributed by atoms with Crippen LogP contribution in [0.15, 0.2) is 47.3 Å². The SMILES string of the molecule is O=c1cccc(N2CCN(Cc3ccc(OC(F)(F)F)cc3)CC2)[nH]1. The van der Waals surface area contributed by atoms with Crippen molar-refractivity contribution in [3.05, 3.63) is 58.4 Å². The Labute approximate surface area is 142 Å². The molecule has 0 atom stereocenters. The van der Waals surface area contributed by atoms with E-state index in [1.54, 1.807) is 18.2 Å². The molecule has 25 heavy (non-hydrogen) atoms. The molecule has 1 saturated heterocycles. The summed E-state index contributed by atoms with van der Waals surface area (Å²) in [6.07, 6.45) is -4.67. The number of hydrogen-bond donors (Lipinski definition) is 1. The highest BCUT2D eigenvalue weighted by Crippen LogP contribution is 2.23. The number of aromatic amines is 1. The van der Waals surface area contributed by atoms with E-state index in [4.69, 9.17) is 0 Å². The molecule has 5 nitrogen and oxygen atoms in total. The number of H-pyrrole nitrogens is 1. The Hall–Kier alpha value is -2.48. The number of aromatic nitrogens is 1. The number of halogens is 3. The van der Waals surface area contributed by atoms with E-state index in [0.717, 1.165) is 37.6 Å². The van der Waals surface area contributed by atoms with Crippen molar-refractivity contribution in [2.75, 3.05) is 31.1 Å². The van der Waals surface area contributed by atoms with E-state index < -0.39 is 6.36 Å². The smallest absolute Gasteiger partial charge is 0.406 e. The van der Waals surface area contributed by atoms with Crippen LogP contribution in [0, 0.1) is 0 Å². The molecule has 1 fully saturated rings. The van der Waals surface area contributed by atoms with Gasteiger partial charge in [0.1, 0.15) is 11.6 Å². The number of hydrogen-bond acceptors (Lipinski definition) is 4. The van der Waals surface area contributed by atoms with Gasteiger partial charge in [0.25, 0.3) is 0 Å². The molecule has 1 aliphatic heterocycles. The first-order valence-electron chi connectivity index (χ1n) is 7.90. The lowest BCUT2D eigenvalue weighted by Gasteiger charge is -2.35. The number of ether oxygens (including phenoxy) is 1. The Morgan fingerprint density at radius 2 is 1.68 bits per heavy atom. The Morgan fingerprint density at radius 3 is 2.28 bits per heavy atom. The molecule has 0 amide bonds. The summed E-state index contributed by atoms with van der Waals surface area (Å²) in [6, 6.07) is 11.0. The van der Waals surface area contributed by atoms with Gasteiger partial charge in [-0.25, -0.2) is 0 Å². The molecule has 0 aliphatic carbocycles. The summed E-state index contributed by atoms with van der Waals surface area (Å²) in [5.41, 5.74) is 0.803. The number of benzene rings is 1. The summed E-state index contributed by atoms with van der Waals surface area (Å²) in [6.45, 7) is 3.81. The van der Waals surface area contributed by atoms with Gasteiger partial charge in [-0.3, -0.25) is 9.69 Å². The molecule has 0 spiro atoms. The maximum Gasteiger partial charge on any atom is 0.573 e. The summed E-state index contributed by atoms with van der Waals surface area (Å²) >= 11 is 0. The average Bonchev–Trinajstić information content (AvgIpc) is 2.56. The molecule has 0 radical (unpaired) electrons. The third-order valence-electron chi connectivity index (χ3n) is 4.03. The first kappa shape index (κ1) is 17.3. The molecule has 1 aromatic carbocycles. The van der Waals surface area contributed by atoms with Crippen molar-refractivity contribution in [2.45, 2.75) is 12.9 Å². The van der Waals surface area contributed by atoms with Crippen LogP contribution in [-0.4, -0.2) is 42.4 Å². The van der Waals surface area contributed by atoms with Gasteiger partial charge < -0.3 is 14.6 Å². The van der Waals surface area contributed by atoms with E-state index in [1.807, 2.05) is 6.07 Å². The van der Waals surface area contributed by atoms with Crippen molar-refractivity contribution in [1.29, 1.82) is 0 Å². The second kappa shape index (κ2) is 7.18. The lowest BCUT2D eigenvalue weighted by Crippen LogP contribution is -2.46. The quantitative estimate of drug-likeness (QED) is 0.918. The molecule has 1 aliphatic rings. The van der Waals surface area contributed by atoms with E-state index in [-0.39, 0.29) is 11.3 Å². The fraction of sp³-hybridized carbons (Fsp3) is 0.353. The van der Waals surface area contributed by atoms with E-state index in [9.17, 15) is 18.0 Å². The number of alkyl halides is 3. The van der Waals surface area contributed by atoms with E-state index in [0.29, 0.717) is 6.54 Å². The van der Waals surface area contributed by atoms with Crippen LogP contribution in [0.2, 0.25) is 0 Å². The van der Waals surface area contributed by atoms with Crippen molar-refractivity contribution in [3.63, 3.8) is 0 Å². The summed E-state index contributed by atoms with van der Waals surface area (Å²) in [7, 11) is 0. The van der Waals surface area contributed by atoms with Crippen molar-refractivity contribution in [1.82, 2.24) is 9.88 Å². The van der Waals surface area contributed by atoms with Crippen LogP contribution in [0.1, 0.15) is 5.56 Å². The molecular formula is C17H18F3N3O2. The summed E-state index contributed by atoms with van der Waals surface area (Å²) < 4.78 is 40.3. The number of rotatable bonds is 4. The second-order valence-electron chi connectivity index (χ2n) is 5.86. The summed E-state index contributed by atoms with van der Waals surface area (Å²) in [5.74, 6) is 0.593. The zero-order valence-electron chi connectivity index (χ0n) is 13.4. The predicted molar refractivity (Wildman–Crippen MR) is 87.7 cm³/mol. The van der Waals surface area contributed by atoms with Crippen LogP contribution in [0.3, 0.4) is 0 Å². The molecule has 0 saturated carbocycles. The van der Waals surface area contributed by atoms with Gasteiger partial charge in [-0.2, -0.15) is 0 Å². The van der Waals surface area contributed by atoms with Crippen molar-refractivity contribution < 1.29 is 17.9 Å². The van der Waals surface area contributed by atoms with Gasteiger partial charge in [0.15, 0.2) is 0 Å². The Morgan fingerprint density at radius 1 is 1.00 bits per heavy atom. The zero-order valence-corrected chi connectivity index (χ0v) is 13.4. The normalized spacial score (nSPS) is 16.0. The molecule has 2 aromatic rings. The van der Waals surface area contributed by atoms with Crippen LogP contribution >= 0.6 is 0 Å². The maximum absolute atomic E-state index is 12.2. The Balaban J connectivity index is 1.53. The standard InChI is InChI=1S/C17H18F3N3O2/c18-17(19,20)25-14-6-4-13(5-7-14)12-22-8-10-23(11-9-22)15-2-1-3-16(24)21-15/h1-7H,8-12H2,(H,21,24). The van der Waals surface area contributed by atoms with Gasteiger partial charge in [-0.15, -0.1) is 13.2 Å². The number of piperazine rings is 1. The van der Waals surface area contributed by atoms with Gasteiger partial charge >= 0.3 is 6.36 Å². The van der Waals surface area contributed by atoms with E-state index in [2.05, 4.69) is 19.5 Å². The van der Waals surface area contributed by atoms with Crippen molar-refractivity contribution >= 4 is 5.82 Å². The number of nitrogens with zero attached hydrogens (tertiary/aromatic N) is 2. The lowest BCUT2D eigenvalue weighted by molar-refractivity contribution is -0.274. The summed E-state index contributed by atoms with van der Waals surface area (Å²) in [4.78, 5) is 18.5. The molecule has 134 valence electrons. The fourth-order valence-corrected chi connectivity index (χ4v) is 2.82. The Kier molecular flexibility index (Phi) is 4.98. The highest BCUT2D eigenvalue weighted by Gasteiger charge is 2.31. The van der Waals surface area contributed by atoms with Crippen LogP contribution in [0.25, 0.3) is 0 Å². The molecule has 8 heteroatoms. The minimum absolute atomic E-state index is 0.124. The van der Waals surface area contributed by atoms with Crippen LogP contribution in [0.5, 0.6) is 5.75 Å². The van der Waals surface area contributed by atoms with E-state index >= 15 is 0 Å². The van der Waals surface area contributed by atoms with E-state index in [1.165, 1.54) is 18.2 Å². The van der Waals surface area contributed by atoms with Crippen LogP contribution in [0.4, 0.5) is 19.0 Å². The van der Waals surface area contributed by atoms with Crippen LogP contribution < -0.4 is 15.2 Å². The molecule has 0 unspecified atom stereocenters. The van der Waals surface area contributed by atoms with Gasteiger partial charge in [-0.05, 0) is 23.8 Å². The molecule has 3 rings (SSSR count). The number of nitrogens with one attached hydrogen (secondary N) is 1. The van der Waals surface area contributed by atoms with Gasteiger partial charge in [0.05, 0.1) is 0 Å². The van der Waals surface area contributed by atoms with Crippen molar-refractivity contribution in [2.24, 2.45) is 0 Å². The molecular weight excluding hydrogens is 335 g/mol. The van der Waals surface area contributed by atoms with Crippen molar-refractivity contribution in [3.8, 4) is 5.75 Å².